The summed E-state index contributed by atoms with van der Waals surface area (Å²) in [5.41, 5.74) is 9.13. The summed E-state index contributed by atoms with van der Waals surface area (Å²) in [5, 5.41) is 6.81. The Morgan fingerprint density at radius 3 is 2.07 bits per heavy atom. The van der Waals surface area contributed by atoms with E-state index in [0.717, 1.165) is 77.4 Å². The van der Waals surface area contributed by atoms with Gasteiger partial charge in [0.25, 0.3) is 0 Å². The van der Waals surface area contributed by atoms with Crippen LogP contribution in [0.15, 0.2) is 140 Å². The molecule has 0 N–H and O–H groups in total. The molecule has 0 saturated heterocycles. The summed E-state index contributed by atoms with van der Waals surface area (Å²) in [6.45, 7) is 0. The van der Waals surface area contributed by atoms with Gasteiger partial charge in [0, 0.05) is 33.1 Å². The first kappa shape index (κ1) is 23.5. The summed E-state index contributed by atoms with van der Waals surface area (Å²) >= 11 is 0. The van der Waals surface area contributed by atoms with Crippen molar-refractivity contribution in [3.8, 4) is 16.9 Å². The summed E-state index contributed by atoms with van der Waals surface area (Å²) in [4.78, 5) is 15.6. The van der Waals surface area contributed by atoms with Gasteiger partial charge >= 0.3 is 0 Å². The molecule has 0 aliphatic heterocycles. The quantitative estimate of drug-likeness (QED) is 0.198. The van der Waals surface area contributed by atoms with Crippen molar-refractivity contribution in [3.63, 3.8) is 0 Å². The maximum Gasteiger partial charge on any atom is 0.166 e. The molecular formula is C39H23N5. The molecule has 5 heterocycles. The van der Waals surface area contributed by atoms with Crippen LogP contribution in [0.1, 0.15) is 0 Å². The fraction of sp³-hybridized carbons (Fsp3) is 0. The largest absolute Gasteiger partial charge is 0.289 e. The van der Waals surface area contributed by atoms with Gasteiger partial charge in [-0.3, -0.25) is 14.0 Å². The molecule has 10 rings (SSSR count). The van der Waals surface area contributed by atoms with Gasteiger partial charge in [-0.25, -0.2) is 9.97 Å². The summed E-state index contributed by atoms with van der Waals surface area (Å²) in [5.74, 6) is 0.817. The molecule has 0 aliphatic carbocycles. The zero-order valence-electron chi connectivity index (χ0n) is 23.5. The molecule has 0 saturated carbocycles. The van der Waals surface area contributed by atoms with Gasteiger partial charge in [-0.1, -0.05) is 109 Å². The Balaban J connectivity index is 1.42. The molecule has 0 radical (unpaired) electrons. The second-order valence-corrected chi connectivity index (χ2v) is 11.3. The number of rotatable bonds is 2. The van der Waals surface area contributed by atoms with Crippen LogP contribution >= 0.6 is 0 Å². The summed E-state index contributed by atoms with van der Waals surface area (Å²) < 4.78 is 4.57. The molecular weight excluding hydrogens is 538 g/mol. The number of imidazole rings is 1. The minimum Gasteiger partial charge on any atom is -0.289 e. The summed E-state index contributed by atoms with van der Waals surface area (Å²) in [7, 11) is 0. The molecule has 0 amide bonds. The van der Waals surface area contributed by atoms with Crippen LogP contribution in [-0.2, 0) is 0 Å². The van der Waals surface area contributed by atoms with Gasteiger partial charge < -0.3 is 0 Å². The minimum absolute atomic E-state index is 0.817. The number of hydrogen-bond donors (Lipinski definition) is 0. The number of aromatic nitrogens is 5. The van der Waals surface area contributed by atoms with E-state index < -0.39 is 0 Å². The first-order valence-electron chi connectivity index (χ1n) is 14.8. The molecule has 0 fully saturated rings. The van der Waals surface area contributed by atoms with Crippen LogP contribution in [0.25, 0.3) is 88.1 Å². The molecule has 44 heavy (non-hydrogen) atoms. The molecule has 0 bridgehead atoms. The summed E-state index contributed by atoms with van der Waals surface area (Å²) in [6.07, 6.45) is 1.85. The predicted octanol–water partition coefficient (Wildman–Crippen LogP) is 9.50. The van der Waals surface area contributed by atoms with E-state index in [1.165, 1.54) is 10.8 Å². The maximum absolute atomic E-state index is 5.42. The Hall–Kier alpha value is -6.07. The fourth-order valence-corrected chi connectivity index (χ4v) is 7.03. The van der Waals surface area contributed by atoms with E-state index in [0.29, 0.717) is 0 Å². The zero-order chi connectivity index (χ0) is 28.8. The Morgan fingerprint density at radius 1 is 0.477 bits per heavy atom. The van der Waals surface area contributed by atoms with E-state index in [9.17, 15) is 0 Å². The van der Waals surface area contributed by atoms with E-state index in [-0.39, 0.29) is 0 Å². The molecule has 204 valence electrons. The number of pyridine rings is 3. The Kier molecular flexibility index (Phi) is 4.66. The Morgan fingerprint density at radius 2 is 1.20 bits per heavy atom. The minimum atomic E-state index is 0.817. The van der Waals surface area contributed by atoms with E-state index in [1.807, 2.05) is 12.3 Å². The highest BCUT2D eigenvalue weighted by atomic mass is 15.2. The van der Waals surface area contributed by atoms with Crippen molar-refractivity contribution in [2.24, 2.45) is 0 Å². The van der Waals surface area contributed by atoms with Gasteiger partial charge in [0.1, 0.15) is 17.0 Å². The zero-order valence-corrected chi connectivity index (χ0v) is 23.5. The highest BCUT2D eigenvalue weighted by Gasteiger charge is 2.23. The van der Waals surface area contributed by atoms with Crippen molar-refractivity contribution in [1.82, 2.24) is 23.9 Å². The van der Waals surface area contributed by atoms with Crippen molar-refractivity contribution in [1.29, 1.82) is 0 Å². The lowest BCUT2D eigenvalue weighted by Gasteiger charge is -2.13. The Labute approximate surface area is 251 Å². The molecule has 0 unspecified atom stereocenters. The second kappa shape index (κ2) is 8.72. The average Bonchev–Trinajstić information content (AvgIpc) is 3.64. The molecule has 0 aliphatic rings. The van der Waals surface area contributed by atoms with E-state index >= 15 is 0 Å². The molecule has 0 atom stereocenters. The van der Waals surface area contributed by atoms with Gasteiger partial charge in [-0.15, -0.1) is 0 Å². The van der Waals surface area contributed by atoms with Crippen LogP contribution in [0.3, 0.4) is 0 Å². The summed E-state index contributed by atoms with van der Waals surface area (Å²) in [6, 6.07) is 46.9. The van der Waals surface area contributed by atoms with Crippen molar-refractivity contribution >= 4 is 71.2 Å². The molecule has 10 aromatic rings. The number of para-hydroxylation sites is 2. The number of fused-ring (bicyclic) bond motifs is 13. The third-order valence-electron chi connectivity index (χ3n) is 8.93. The van der Waals surface area contributed by atoms with Crippen LogP contribution in [0.2, 0.25) is 0 Å². The molecule has 5 heteroatoms. The first-order valence-corrected chi connectivity index (χ1v) is 14.8. The topological polar surface area (TPSA) is 48.0 Å². The van der Waals surface area contributed by atoms with Crippen molar-refractivity contribution in [2.45, 2.75) is 0 Å². The third-order valence-corrected chi connectivity index (χ3v) is 8.93. The van der Waals surface area contributed by atoms with Crippen molar-refractivity contribution < 1.29 is 0 Å². The average molecular weight is 562 g/mol. The van der Waals surface area contributed by atoms with Crippen LogP contribution in [0.5, 0.6) is 0 Å². The monoisotopic (exact) mass is 561 g/mol. The smallest absolute Gasteiger partial charge is 0.166 e. The predicted molar refractivity (Wildman–Crippen MR) is 181 cm³/mol. The highest BCUT2D eigenvalue weighted by molar-refractivity contribution is 6.17. The SMILES string of the molecule is c1ccc(-c2cc(-n3c4ccccc4c4c3nc3c5ccccc5c5ccccc5n34)nc3c2ccc2cccnc23)cc1. The molecule has 5 nitrogen and oxygen atoms in total. The van der Waals surface area contributed by atoms with E-state index in [4.69, 9.17) is 15.0 Å². The van der Waals surface area contributed by atoms with E-state index in [1.54, 1.807) is 0 Å². The lowest BCUT2D eigenvalue weighted by atomic mass is 9.99. The number of nitrogens with zero attached hydrogens (tertiary/aromatic N) is 5. The van der Waals surface area contributed by atoms with Crippen LogP contribution in [-0.4, -0.2) is 23.9 Å². The number of hydrogen-bond acceptors (Lipinski definition) is 3. The second-order valence-electron chi connectivity index (χ2n) is 11.3. The fourth-order valence-electron chi connectivity index (χ4n) is 7.03. The molecule has 0 spiro atoms. The van der Waals surface area contributed by atoms with E-state index in [2.05, 4.69) is 136 Å². The lowest BCUT2D eigenvalue weighted by Crippen LogP contribution is -2.00. The lowest BCUT2D eigenvalue weighted by molar-refractivity contribution is 1.08. The van der Waals surface area contributed by atoms with Crippen LogP contribution < -0.4 is 0 Å². The van der Waals surface area contributed by atoms with Crippen molar-refractivity contribution in [3.05, 3.63) is 140 Å². The normalized spacial score (nSPS) is 12.1. The van der Waals surface area contributed by atoms with Gasteiger partial charge in [0.2, 0.25) is 0 Å². The first-order chi connectivity index (χ1) is 21.8. The standard InChI is InChI=1S/C39H23N5/c1-2-11-24(12-3-1)31-23-34(41-36-28(31)21-20-25-13-10-22-40-35(25)36)43-33-19-9-7-17-30(33)37-39(43)42-38-29-16-5-4-14-26(29)27-15-6-8-18-32(27)44(37)38/h1-23H. The third kappa shape index (κ3) is 3.10. The molecule has 5 aromatic heterocycles. The van der Waals surface area contributed by atoms with Gasteiger partial charge in [-0.05, 0) is 40.8 Å². The van der Waals surface area contributed by atoms with Crippen molar-refractivity contribution in [2.75, 3.05) is 0 Å². The maximum atomic E-state index is 5.42. The van der Waals surface area contributed by atoms with Gasteiger partial charge in [0.15, 0.2) is 5.65 Å². The van der Waals surface area contributed by atoms with Crippen LogP contribution in [0, 0.1) is 0 Å². The van der Waals surface area contributed by atoms with Crippen LogP contribution in [0.4, 0.5) is 0 Å². The van der Waals surface area contributed by atoms with Gasteiger partial charge in [-0.2, -0.15) is 0 Å². The Bertz CT molecular complexity index is 2770. The van der Waals surface area contributed by atoms with Gasteiger partial charge in [0.05, 0.1) is 22.1 Å². The number of benzene rings is 5. The highest BCUT2D eigenvalue weighted by Crippen LogP contribution is 2.39. The molecule has 5 aromatic carbocycles.